The molecular weight excluding hydrogens is 390 g/mol. The molecule has 8 heteroatoms. The summed E-state index contributed by atoms with van der Waals surface area (Å²) in [5.74, 6) is 0.504. The summed E-state index contributed by atoms with van der Waals surface area (Å²) in [6.07, 6.45) is 6.09. The van der Waals surface area contributed by atoms with Gasteiger partial charge in [-0.1, -0.05) is 18.2 Å². The second kappa shape index (κ2) is 8.24. The third kappa shape index (κ3) is 4.59. The Morgan fingerprint density at radius 1 is 1.10 bits per heavy atom. The van der Waals surface area contributed by atoms with Gasteiger partial charge < -0.3 is 14.5 Å². The molecule has 1 N–H and O–H groups in total. The van der Waals surface area contributed by atoms with Crippen LogP contribution < -0.4 is 9.62 Å². The molecule has 3 heterocycles. The van der Waals surface area contributed by atoms with Crippen molar-refractivity contribution in [2.45, 2.75) is 56.2 Å². The largest absolute Gasteiger partial charge is 0.376 e. The zero-order valence-electron chi connectivity index (χ0n) is 17.2. The van der Waals surface area contributed by atoms with Crippen molar-refractivity contribution in [3.05, 3.63) is 29.8 Å². The zero-order chi connectivity index (χ0) is 20.6. The molecule has 5 rings (SSSR count). The second-order valence-corrected chi connectivity index (χ2v) is 10.4. The molecule has 1 aromatic rings. The van der Waals surface area contributed by atoms with Crippen molar-refractivity contribution in [2.24, 2.45) is 0 Å². The van der Waals surface area contributed by atoms with Gasteiger partial charge in [-0.05, 0) is 49.7 Å². The number of ether oxygens (including phenoxy) is 1. The first-order valence-electron chi connectivity index (χ1n) is 10.5. The molecule has 0 radical (unpaired) electrons. The minimum absolute atomic E-state index is 0.0142. The van der Waals surface area contributed by atoms with Gasteiger partial charge in [0.1, 0.15) is 0 Å². The van der Waals surface area contributed by atoms with E-state index in [0.29, 0.717) is 25.5 Å². The highest BCUT2D eigenvalue weighted by Crippen LogP contribution is 2.39. The highest BCUT2D eigenvalue weighted by molar-refractivity contribution is 7.88. The van der Waals surface area contributed by atoms with E-state index in [1.54, 1.807) is 0 Å². The maximum atomic E-state index is 13.2. The minimum Gasteiger partial charge on any atom is -0.376 e. The lowest BCUT2D eigenvalue weighted by Crippen LogP contribution is -2.51. The molecule has 2 atom stereocenters. The molecule has 3 aliphatic heterocycles. The maximum absolute atomic E-state index is 13.2. The normalized spacial score (nSPS) is 30.9. The van der Waals surface area contributed by atoms with E-state index in [-0.39, 0.29) is 30.6 Å². The van der Waals surface area contributed by atoms with Crippen LogP contribution in [-0.4, -0.2) is 70.4 Å². The molecule has 2 bridgehead atoms. The lowest BCUT2D eigenvalue weighted by Gasteiger charge is -2.32. The number of nitrogens with one attached hydrogen (secondary N) is 1. The summed E-state index contributed by atoms with van der Waals surface area (Å²) in [6.45, 7) is 1.20. The summed E-state index contributed by atoms with van der Waals surface area (Å²) in [7, 11) is -1.38. The summed E-state index contributed by atoms with van der Waals surface area (Å²) in [4.78, 5) is 17.0. The van der Waals surface area contributed by atoms with Crippen molar-refractivity contribution in [1.82, 2.24) is 9.62 Å². The van der Waals surface area contributed by atoms with Gasteiger partial charge in [0.2, 0.25) is 15.9 Å². The Balaban J connectivity index is 1.63. The number of sulfonamides is 1. The topological polar surface area (TPSA) is 79.0 Å². The van der Waals surface area contributed by atoms with E-state index in [1.807, 2.05) is 22.9 Å². The van der Waals surface area contributed by atoms with Crippen LogP contribution in [0.5, 0.6) is 0 Å². The zero-order valence-corrected chi connectivity index (χ0v) is 18.0. The monoisotopic (exact) mass is 421 g/mol. The first-order valence-corrected chi connectivity index (χ1v) is 12.4. The van der Waals surface area contributed by atoms with Gasteiger partial charge in [0.15, 0.2) is 0 Å². The van der Waals surface area contributed by atoms with Crippen LogP contribution in [0.4, 0.5) is 5.69 Å². The molecule has 1 amide bonds. The van der Waals surface area contributed by atoms with E-state index < -0.39 is 10.0 Å². The van der Waals surface area contributed by atoms with Crippen LogP contribution in [0.15, 0.2) is 24.3 Å². The smallest absolute Gasteiger partial charge is 0.242 e. The molecule has 1 aliphatic carbocycles. The van der Waals surface area contributed by atoms with Crippen LogP contribution >= 0.6 is 0 Å². The molecule has 7 nitrogen and oxygen atoms in total. The summed E-state index contributed by atoms with van der Waals surface area (Å²) < 4.78 is 32.6. The Labute approximate surface area is 173 Å². The highest BCUT2D eigenvalue weighted by Gasteiger charge is 2.40. The Bertz CT molecular complexity index is 851. The van der Waals surface area contributed by atoms with Gasteiger partial charge in [0.25, 0.3) is 0 Å². The van der Waals surface area contributed by atoms with E-state index in [9.17, 15) is 13.2 Å². The number of nitrogens with zero attached hydrogens (tertiary/aromatic N) is 2. The Morgan fingerprint density at radius 2 is 1.83 bits per heavy atom. The average Bonchev–Trinajstić information content (AvgIpc) is 3.07. The van der Waals surface area contributed by atoms with Crippen molar-refractivity contribution in [2.75, 3.05) is 37.9 Å². The van der Waals surface area contributed by atoms with Crippen molar-refractivity contribution in [1.29, 1.82) is 0 Å². The third-order valence-electron chi connectivity index (χ3n) is 6.57. The van der Waals surface area contributed by atoms with Crippen molar-refractivity contribution < 1.29 is 17.9 Å². The van der Waals surface area contributed by atoms with Crippen LogP contribution in [0, 0.1) is 0 Å². The van der Waals surface area contributed by atoms with E-state index in [0.717, 1.165) is 31.4 Å². The first-order chi connectivity index (χ1) is 13.8. The number of benzene rings is 1. The van der Waals surface area contributed by atoms with Crippen molar-refractivity contribution in [3.63, 3.8) is 0 Å². The molecule has 1 aromatic carbocycles. The molecule has 0 spiro atoms. The molecule has 4 aliphatic rings. The molecule has 1 saturated heterocycles. The van der Waals surface area contributed by atoms with E-state index in [1.165, 1.54) is 11.8 Å². The third-order valence-corrected chi connectivity index (χ3v) is 7.30. The average molecular weight is 422 g/mol. The molecule has 1 saturated carbocycles. The summed E-state index contributed by atoms with van der Waals surface area (Å²) in [6, 6.07) is 7.82. The lowest BCUT2D eigenvalue weighted by atomic mass is 9.82. The number of fused-ring (bicyclic) bond motifs is 5. The standard InChI is InChI=1S/C21H31N3O4S/c1-23-13-21(25)24-12-11-18(22-29(2,26)27)20(24)14-28-16-9-7-15(8-10-16)17-5-3-4-6-19(17)23/h3-6,15-16,18,20,22H,7-14H2,1-2H3/t15?,16?,18?,20-/m0/s1. The predicted octanol–water partition coefficient (Wildman–Crippen LogP) is 1.70. The number of likely N-dealkylation sites (N-methyl/N-ethyl adjacent to an activating group) is 1. The van der Waals surface area contributed by atoms with Crippen LogP contribution in [0.1, 0.15) is 43.6 Å². The predicted molar refractivity (Wildman–Crippen MR) is 113 cm³/mol. The summed E-state index contributed by atoms with van der Waals surface area (Å²) in [5, 5.41) is 0. The van der Waals surface area contributed by atoms with Crippen LogP contribution in [0.2, 0.25) is 0 Å². The molecule has 160 valence electrons. The molecule has 2 fully saturated rings. The Morgan fingerprint density at radius 3 is 2.55 bits per heavy atom. The number of carbonyl (C=O) groups excluding carboxylic acids is 1. The summed E-state index contributed by atoms with van der Waals surface area (Å²) in [5.41, 5.74) is 2.43. The fourth-order valence-electron chi connectivity index (χ4n) is 5.12. The van der Waals surface area contributed by atoms with E-state index in [2.05, 4.69) is 22.9 Å². The fourth-order valence-corrected chi connectivity index (χ4v) is 5.94. The fraction of sp³-hybridized carbons (Fsp3) is 0.667. The van der Waals surface area contributed by atoms with Gasteiger partial charge in [-0.25, -0.2) is 13.1 Å². The van der Waals surface area contributed by atoms with Gasteiger partial charge >= 0.3 is 0 Å². The van der Waals surface area contributed by atoms with Crippen LogP contribution in [0.3, 0.4) is 0 Å². The molecule has 0 aromatic heterocycles. The van der Waals surface area contributed by atoms with E-state index in [4.69, 9.17) is 4.74 Å². The Hall–Kier alpha value is -1.64. The maximum Gasteiger partial charge on any atom is 0.242 e. The number of anilines is 1. The van der Waals surface area contributed by atoms with E-state index >= 15 is 0 Å². The Kier molecular flexibility index (Phi) is 5.86. The van der Waals surface area contributed by atoms with Gasteiger partial charge in [-0.3, -0.25) is 4.79 Å². The second-order valence-electron chi connectivity index (χ2n) is 8.66. The van der Waals surface area contributed by atoms with Crippen LogP contribution in [0.25, 0.3) is 0 Å². The van der Waals surface area contributed by atoms with Crippen LogP contribution in [-0.2, 0) is 19.6 Å². The lowest BCUT2D eigenvalue weighted by molar-refractivity contribution is -0.132. The quantitative estimate of drug-likeness (QED) is 0.786. The highest BCUT2D eigenvalue weighted by atomic mass is 32.2. The number of hydrogen-bond donors (Lipinski definition) is 1. The SMILES string of the molecule is CN1CC(=O)N2CCC(NS(C)(=O)=O)[C@@H]2COC2CCC(CC2)c2ccccc21. The first kappa shape index (κ1) is 20.6. The number of rotatable bonds is 2. The summed E-state index contributed by atoms with van der Waals surface area (Å²) >= 11 is 0. The minimum atomic E-state index is -3.35. The van der Waals surface area contributed by atoms with Gasteiger partial charge in [0.05, 0.1) is 31.6 Å². The van der Waals surface area contributed by atoms with Crippen molar-refractivity contribution >= 4 is 21.6 Å². The number of hydrogen-bond acceptors (Lipinski definition) is 5. The molecule has 1 unspecified atom stereocenters. The number of amides is 1. The van der Waals surface area contributed by atoms with Gasteiger partial charge in [-0.2, -0.15) is 0 Å². The van der Waals surface area contributed by atoms with Gasteiger partial charge in [0, 0.05) is 25.3 Å². The van der Waals surface area contributed by atoms with Crippen molar-refractivity contribution in [3.8, 4) is 0 Å². The molecular formula is C21H31N3O4S. The molecule has 29 heavy (non-hydrogen) atoms. The number of carbonyl (C=O) groups is 1. The van der Waals surface area contributed by atoms with Gasteiger partial charge in [-0.15, -0.1) is 0 Å². The number of para-hydroxylation sites is 1.